The molecule has 3 rings (SSSR count). The number of anilines is 1. The first-order valence-corrected chi connectivity index (χ1v) is 12.7. The Morgan fingerprint density at radius 1 is 0.943 bits per heavy atom. The zero-order chi connectivity index (χ0) is 25.4. The van der Waals surface area contributed by atoms with Gasteiger partial charge in [0.15, 0.2) is 0 Å². The third-order valence-electron chi connectivity index (χ3n) is 4.91. The molecule has 0 fully saturated rings. The molecule has 7 nitrogen and oxygen atoms in total. The third kappa shape index (κ3) is 7.19. The van der Waals surface area contributed by atoms with Crippen molar-refractivity contribution in [1.29, 1.82) is 0 Å². The lowest BCUT2D eigenvalue weighted by molar-refractivity contribution is -0.119. The second kappa shape index (κ2) is 11.7. The zero-order valence-corrected chi connectivity index (χ0v) is 20.7. The van der Waals surface area contributed by atoms with Crippen molar-refractivity contribution in [1.82, 2.24) is 5.32 Å². The largest absolute Gasteiger partial charge is 0.494 e. The van der Waals surface area contributed by atoms with Crippen LogP contribution in [0.3, 0.4) is 0 Å². The molecular weight excluding hydrogens is 471 g/mol. The van der Waals surface area contributed by atoms with E-state index < -0.39 is 28.3 Å². The van der Waals surface area contributed by atoms with Gasteiger partial charge in [0.1, 0.15) is 23.9 Å². The van der Waals surface area contributed by atoms with Gasteiger partial charge in [0.05, 0.1) is 23.3 Å². The third-order valence-corrected chi connectivity index (χ3v) is 6.70. The number of carbonyl (C=O) groups is 1. The molecule has 186 valence electrons. The van der Waals surface area contributed by atoms with Gasteiger partial charge in [-0.3, -0.25) is 9.10 Å². The number of rotatable bonds is 11. The molecular formula is C26H29FN2O5S. The van der Waals surface area contributed by atoms with Gasteiger partial charge in [-0.15, -0.1) is 0 Å². The highest BCUT2D eigenvalue weighted by Crippen LogP contribution is 2.26. The van der Waals surface area contributed by atoms with Gasteiger partial charge in [-0.1, -0.05) is 12.1 Å². The predicted octanol–water partition coefficient (Wildman–Crippen LogP) is 4.52. The summed E-state index contributed by atoms with van der Waals surface area (Å²) in [5.41, 5.74) is 1.12. The number of carbonyl (C=O) groups excluding carboxylic acids is 1. The first-order valence-electron chi connectivity index (χ1n) is 11.2. The van der Waals surface area contributed by atoms with Gasteiger partial charge in [0.25, 0.3) is 10.0 Å². The molecule has 3 aromatic carbocycles. The van der Waals surface area contributed by atoms with E-state index in [9.17, 15) is 17.6 Å². The molecule has 3 aromatic rings. The van der Waals surface area contributed by atoms with Crippen LogP contribution < -0.4 is 19.1 Å². The van der Waals surface area contributed by atoms with Crippen molar-refractivity contribution < 1.29 is 27.1 Å². The zero-order valence-electron chi connectivity index (χ0n) is 19.9. The Labute approximate surface area is 205 Å². The Morgan fingerprint density at radius 3 is 2.11 bits per heavy atom. The summed E-state index contributed by atoms with van der Waals surface area (Å²) < 4.78 is 52.1. The van der Waals surface area contributed by atoms with E-state index >= 15 is 0 Å². The van der Waals surface area contributed by atoms with Crippen molar-refractivity contribution in [3.8, 4) is 11.5 Å². The summed E-state index contributed by atoms with van der Waals surface area (Å²) in [6.07, 6.45) is 0.0530. The van der Waals surface area contributed by atoms with Crippen LogP contribution in [0.2, 0.25) is 0 Å². The van der Waals surface area contributed by atoms with Gasteiger partial charge in [-0.2, -0.15) is 0 Å². The maximum Gasteiger partial charge on any atom is 0.264 e. The maximum absolute atomic E-state index is 13.4. The second-order valence-corrected chi connectivity index (χ2v) is 9.84. The molecule has 9 heteroatoms. The van der Waals surface area contributed by atoms with E-state index in [-0.39, 0.29) is 23.2 Å². The van der Waals surface area contributed by atoms with Gasteiger partial charge in [-0.25, -0.2) is 12.8 Å². The van der Waals surface area contributed by atoms with Crippen LogP contribution in [0, 0.1) is 5.82 Å². The minimum atomic E-state index is -4.14. The molecule has 0 heterocycles. The van der Waals surface area contributed by atoms with E-state index in [1.807, 2.05) is 45.0 Å². The van der Waals surface area contributed by atoms with Crippen molar-refractivity contribution in [2.75, 3.05) is 17.5 Å². The second-order valence-electron chi connectivity index (χ2n) is 7.98. The summed E-state index contributed by atoms with van der Waals surface area (Å²) in [6.45, 7) is 5.93. The highest BCUT2D eigenvalue weighted by atomic mass is 32.2. The van der Waals surface area contributed by atoms with Gasteiger partial charge in [-0.05, 0) is 87.0 Å². The van der Waals surface area contributed by atoms with Crippen molar-refractivity contribution in [3.63, 3.8) is 0 Å². The first kappa shape index (κ1) is 26.0. The van der Waals surface area contributed by atoms with E-state index in [0.29, 0.717) is 12.4 Å². The number of hydrogen-bond donors (Lipinski definition) is 1. The van der Waals surface area contributed by atoms with E-state index in [0.717, 1.165) is 27.8 Å². The van der Waals surface area contributed by atoms with E-state index in [1.165, 1.54) is 12.1 Å². The van der Waals surface area contributed by atoms with Crippen LogP contribution in [0.5, 0.6) is 11.5 Å². The molecule has 35 heavy (non-hydrogen) atoms. The number of nitrogens with one attached hydrogen (secondary N) is 1. The topological polar surface area (TPSA) is 84.9 Å². The first-order chi connectivity index (χ1) is 16.7. The number of benzene rings is 3. The lowest BCUT2D eigenvalue weighted by Crippen LogP contribution is -2.40. The Morgan fingerprint density at radius 2 is 1.54 bits per heavy atom. The molecule has 0 aliphatic carbocycles. The smallest absolute Gasteiger partial charge is 0.264 e. The average Bonchev–Trinajstić information content (AvgIpc) is 2.83. The normalized spacial score (nSPS) is 11.2. The minimum absolute atomic E-state index is 0.0530. The molecule has 0 spiro atoms. The van der Waals surface area contributed by atoms with E-state index in [2.05, 4.69) is 5.32 Å². The van der Waals surface area contributed by atoms with Crippen LogP contribution in [-0.2, 0) is 21.4 Å². The van der Waals surface area contributed by atoms with Gasteiger partial charge >= 0.3 is 0 Å². The summed E-state index contributed by atoms with van der Waals surface area (Å²) in [5, 5.41) is 2.75. The molecule has 0 aliphatic rings. The lowest BCUT2D eigenvalue weighted by Gasteiger charge is -2.24. The molecule has 0 saturated carbocycles. The van der Waals surface area contributed by atoms with Crippen LogP contribution in [0.15, 0.2) is 77.7 Å². The number of nitrogens with zero attached hydrogens (tertiary/aromatic N) is 1. The minimum Gasteiger partial charge on any atom is -0.494 e. The Kier molecular flexibility index (Phi) is 8.70. The monoisotopic (exact) mass is 500 g/mol. The number of sulfonamides is 1. The number of halogens is 1. The van der Waals surface area contributed by atoms with Crippen LogP contribution in [0.1, 0.15) is 26.3 Å². The number of ether oxygens (including phenoxy) is 2. The highest BCUT2D eigenvalue weighted by molar-refractivity contribution is 7.92. The van der Waals surface area contributed by atoms with Crippen molar-refractivity contribution in [2.45, 2.75) is 38.3 Å². The van der Waals surface area contributed by atoms with Crippen molar-refractivity contribution in [2.24, 2.45) is 0 Å². The number of amides is 1. The maximum atomic E-state index is 13.4. The molecule has 0 atom stereocenters. The molecule has 0 aromatic heterocycles. The molecule has 1 amide bonds. The summed E-state index contributed by atoms with van der Waals surface area (Å²) >= 11 is 0. The van der Waals surface area contributed by atoms with E-state index in [1.54, 1.807) is 24.3 Å². The van der Waals surface area contributed by atoms with Gasteiger partial charge in [0, 0.05) is 6.54 Å². The summed E-state index contributed by atoms with van der Waals surface area (Å²) in [7, 11) is -4.14. The molecule has 0 unspecified atom stereocenters. The van der Waals surface area contributed by atoms with Crippen LogP contribution in [0.4, 0.5) is 10.1 Å². The van der Waals surface area contributed by atoms with E-state index in [4.69, 9.17) is 9.47 Å². The predicted molar refractivity (Wildman–Crippen MR) is 133 cm³/mol. The van der Waals surface area contributed by atoms with Crippen molar-refractivity contribution >= 4 is 21.6 Å². The van der Waals surface area contributed by atoms with Crippen LogP contribution in [0.25, 0.3) is 0 Å². The SMILES string of the molecule is CCOc1ccc(N(CC(=O)NCc2ccc(OC(C)C)cc2)S(=O)(=O)c2ccc(F)cc2)cc1. The standard InChI is InChI=1S/C26H29FN2O5S/c1-4-33-23-13-9-22(10-14-23)29(35(31,32)25-15-7-21(27)8-16-25)18-26(30)28-17-20-5-11-24(12-6-20)34-19(2)3/h5-16,19H,4,17-18H2,1-3H3,(H,28,30). The molecule has 1 N–H and O–H groups in total. The molecule has 0 saturated heterocycles. The summed E-state index contributed by atoms with van der Waals surface area (Å²) in [4.78, 5) is 12.7. The quantitative estimate of drug-likeness (QED) is 0.418. The fraction of sp³-hybridized carbons (Fsp3) is 0.269. The molecule has 0 aliphatic heterocycles. The molecule has 0 radical (unpaired) electrons. The van der Waals surface area contributed by atoms with Crippen molar-refractivity contribution in [3.05, 3.63) is 84.2 Å². The fourth-order valence-corrected chi connectivity index (χ4v) is 4.69. The number of hydrogen-bond acceptors (Lipinski definition) is 5. The highest BCUT2D eigenvalue weighted by Gasteiger charge is 2.27. The lowest BCUT2D eigenvalue weighted by atomic mass is 10.2. The Hall–Kier alpha value is -3.59. The average molecular weight is 501 g/mol. The Bertz CT molecular complexity index is 1210. The molecule has 0 bridgehead atoms. The fourth-order valence-electron chi connectivity index (χ4n) is 3.27. The van der Waals surface area contributed by atoms with Gasteiger partial charge in [0.2, 0.25) is 5.91 Å². The van der Waals surface area contributed by atoms with Crippen LogP contribution >= 0.6 is 0 Å². The summed E-state index contributed by atoms with van der Waals surface area (Å²) in [5.74, 6) is 0.248. The van der Waals surface area contributed by atoms with Crippen LogP contribution in [-0.4, -0.2) is 33.6 Å². The Balaban J connectivity index is 1.78. The summed E-state index contributed by atoms with van der Waals surface area (Å²) in [6, 6.07) is 18.1. The van der Waals surface area contributed by atoms with Gasteiger partial charge < -0.3 is 14.8 Å².